The van der Waals surface area contributed by atoms with E-state index in [9.17, 15) is 9.90 Å². The number of thioether (sulfide) groups is 1. The number of phenolic OH excluding ortho intramolecular Hbond substituents is 1. The van der Waals surface area contributed by atoms with Crippen molar-refractivity contribution in [2.75, 3.05) is 12.4 Å². The van der Waals surface area contributed by atoms with E-state index in [-0.39, 0.29) is 23.1 Å². The SMILES string of the molecule is CCOC(=O)[C@H]1CSC(c2ccc(O)c(Cl)c2)N1. The van der Waals surface area contributed by atoms with Crippen LogP contribution in [0.3, 0.4) is 0 Å². The number of ether oxygens (including phenoxy) is 1. The molecule has 98 valence electrons. The van der Waals surface area contributed by atoms with Crippen molar-refractivity contribution < 1.29 is 14.6 Å². The lowest BCUT2D eigenvalue weighted by molar-refractivity contribution is -0.144. The van der Waals surface area contributed by atoms with Crippen LogP contribution in [0.15, 0.2) is 18.2 Å². The molecule has 1 aromatic carbocycles. The highest BCUT2D eigenvalue weighted by Crippen LogP contribution is 2.36. The number of carbonyl (C=O) groups is 1. The molecular weight excluding hydrogens is 274 g/mol. The molecular formula is C12H14ClNO3S. The Bertz CT molecular complexity index is 455. The molecule has 1 saturated heterocycles. The minimum atomic E-state index is -0.285. The maximum absolute atomic E-state index is 11.6. The van der Waals surface area contributed by atoms with Gasteiger partial charge in [0, 0.05) is 5.75 Å². The molecule has 1 aliphatic rings. The third kappa shape index (κ3) is 2.91. The molecule has 0 bridgehead atoms. The molecule has 0 saturated carbocycles. The standard InChI is InChI=1S/C12H14ClNO3S/c1-2-17-12(16)9-6-18-11(14-9)7-3-4-10(15)8(13)5-7/h3-5,9,11,14-15H,2,6H2,1H3/t9-,11?/m1/s1. The molecule has 1 heterocycles. The van der Waals surface area contributed by atoms with Crippen LogP contribution in [0.25, 0.3) is 0 Å². The first-order valence-corrected chi connectivity index (χ1v) is 7.07. The van der Waals surface area contributed by atoms with Crippen molar-refractivity contribution in [1.82, 2.24) is 5.32 Å². The Labute approximate surface area is 115 Å². The van der Waals surface area contributed by atoms with Gasteiger partial charge in [0.25, 0.3) is 0 Å². The lowest BCUT2D eigenvalue weighted by Gasteiger charge is -2.13. The second kappa shape index (κ2) is 5.82. The van der Waals surface area contributed by atoms with Gasteiger partial charge in [-0.05, 0) is 24.6 Å². The third-order valence-electron chi connectivity index (χ3n) is 2.63. The Morgan fingerprint density at radius 1 is 1.67 bits per heavy atom. The molecule has 18 heavy (non-hydrogen) atoms. The number of benzene rings is 1. The number of halogens is 1. The van der Waals surface area contributed by atoms with Crippen molar-refractivity contribution in [2.24, 2.45) is 0 Å². The summed E-state index contributed by atoms with van der Waals surface area (Å²) in [6.07, 6.45) is 0. The molecule has 1 aromatic rings. The normalized spacial score (nSPS) is 23.0. The van der Waals surface area contributed by atoms with E-state index >= 15 is 0 Å². The van der Waals surface area contributed by atoms with Gasteiger partial charge in [0.1, 0.15) is 11.8 Å². The fourth-order valence-electron chi connectivity index (χ4n) is 1.73. The van der Waals surface area contributed by atoms with Crippen LogP contribution < -0.4 is 5.32 Å². The first-order valence-electron chi connectivity index (χ1n) is 5.64. The molecule has 0 amide bonds. The molecule has 2 atom stereocenters. The largest absolute Gasteiger partial charge is 0.506 e. The van der Waals surface area contributed by atoms with Gasteiger partial charge in [-0.3, -0.25) is 10.1 Å². The van der Waals surface area contributed by atoms with Crippen molar-refractivity contribution in [1.29, 1.82) is 0 Å². The molecule has 0 aliphatic carbocycles. The van der Waals surface area contributed by atoms with Crippen molar-refractivity contribution in [2.45, 2.75) is 18.3 Å². The number of nitrogens with one attached hydrogen (secondary N) is 1. The summed E-state index contributed by atoms with van der Waals surface area (Å²) in [5, 5.41) is 12.9. The van der Waals surface area contributed by atoms with E-state index in [1.54, 1.807) is 36.9 Å². The first kappa shape index (κ1) is 13.5. The van der Waals surface area contributed by atoms with Gasteiger partial charge in [-0.2, -0.15) is 0 Å². The number of esters is 1. The number of hydrogen-bond donors (Lipinski definition) is 2. The third-order valence-corrected chi connectivity index (χ3v) is 4.20. The zero-order valence-electron chi connectivity index (χ0n) is 9.85. The smallest absolute Gasteiger partial charge is 0.324 e. The summed E-state index contributed by atoms with van der Waals surface area (Å²) in [6, 6.07) is 4.76. The van der Waals surface area contributed by atoms with Crippen LogP contribution in [0.4, 0.5) is 0 Å². The highest BCUT2D eigenvalue weighted by molar-refractivity contribution is 7.99. The van der Waals surface area contributed by atoms with Gasteiger partial charge in [0.05, 0.1) is 17.0 Å². The van der Waals surface area contributed by atoms with Crippen molar-refractivity contribution in [3.63, 3.8) is 0 Å². The molecule has 6 heteroatoms. The molecule has 0 radical (unpaired) electrons. The second-order valence-electron chi connectivity index (χ2n) is 3.90. The molecule has 4 nitrogen and oxygen atoms in total. The van der Waals surface area contributed by atoms with Gasteiger partial charge in [-0.1, -0.05) is 17.7 Å². The monoisotopic (exact) mass is 287 g/mol. The Hall–Kier alpha value is -0.910. The quantitative estimate of drug-likeness (QED) is 0.836. The molecule has 1 aliphatic heterocycles. The minimum absolute atomic E-state index is 0.00231. The number of aromatic hydroxyl groups is 1. The molecule has 0 aromatic heterocycles. The molecule has 1 fully saturated rings. The highest BCUT2D eigenvalue weighted by atomic mass is 35.5. The summed E-state index contributed by atoms with van der Waals surface area (Å²) in [7, 11) is 0. The van der Waals surface area contributed by atoms with Crippen molar-refractivity contribution >= 4 is 29.3 Å². The predicted molar refractivity (Wildman–Crippen MR) is 71.9 cm³/mol. The summed E-state index contributed by atoms with van der Waals surface area (Å²) in [4.78, 5) is 11.6. The van der Waals surface area contributed by atoms with Gasteiger partial charge < -0.3 is 9.84 Å². The fourth-order valence-corrected chi connectivity index (χ4v) is 3.13. The minimum Gasteiger partial charge on any atom is -0.506 e. The van der Waals surface area contributed by atoms with Gasteiger partial charge in [-0.25, -0.2) is 0 Å². The lowest BCUT2D eigenvalue weighted by Crippen LogP contribution is -2.35. The number of carbonyl (C=O) groups excluding carboxylic acids is 1. The van der Waals surface area contributed by atoms with Crippen LogP contribution in [0.5, 0.6) is 5.75 Å². The lowest BCUT2D eigenvalue weighted by atomic mass is 10.2. The summed E-state index contributed by atoms with van der Waals surface area (Å²) in [5.41, 5.74) is 0.939. The molecule has 1 unspecified atom stereocenters. The van der Waals surface area contributed by atoms with Crippen LogP contribution in [0.1, 0.15) is 17.9 Å². The van der Waals surface area contributed by atoms with E-state index in [1.807, 2.05) is 0 Å². The van der Waals surface area contributed by atoms with Gasteiger partial charge in [0.2, 0.25) is 0 Å². The van der Waals surface area contributed by atoms with Crippen LogP contribution >= 0.6 is 23.4 Å². The van der Waals surface area contributed by atoms with E-state index in [2.05, 4.69) is 5.32 Å². The van der Waals surface area contributed by atoms with Gasteiger partial charge >= 0.3 is 5.97 Å². The predicted octanol–water partition coefficient (Wildman–Crippen LogP) is 2.31. The number of phenols is 1. The molecule has 2 N–H and O–H groups in total. The summed E-state index contributed by atoms with van der Waals surface area (Å²) in [5.74, 6) is 0.505. The van der Waals surface area contributed by atoms with E-state index in [1.165, 1.54) is 0 Å². The van der Waals surface area contributed by atoms with Crippen molar-refractivity contribution in [3.8, 4) is 5.75 Å². The van der Waals surface area contributed by atoms with E-state index in [0.717, 1.165) is 5.56 Å². The number of hydrogen-bond acceptors (Lipinski definition) is 5. The Morgan fingerprint density at radius 3 is 3.11 bits per heavy atom. The molecule has 2 rings (SSSR count). The first-order chi connectivity index (χ1) is 8.61. The van der Waals surface area contributed by atoms with Gasteiger partial charge in [0.15, 0.2) is 0 Å². The van der Waals surface area contributed by atoms with E-state index in [4.69, 9.17) is 16.3 Å². The van der Waals surface area contributed by atoms with Crippen LogP contribution in [-0.4, -0.2) is 29.5 Å². The Kier molecular flexibility index (Phi) is 4.37. The Morgan fingerprint density at radius 2 is 2.44 bits per heavy atom. The summed E-state index contributed by atoms with van der Waals surface area (Å²) < 4.78 is 4.97. The Balaban J connectivity index is 2.04. The summed E-state index contributed by atoms with van der Waals surface area (Å²) in [6.45, 7) is 2.18. The average Bonchev–Trinajstić information content (AvgIpc) is 2.82. The average molecular weight is 288 g/mol. The van der Waals surface area contributed by atoms with Crippen LogP contribution in [-0.2, 0) is 9.53 Å². The zero-order valence-corrected chi connectivity index (χ0v) is 11.4. The zero-order chi connectivity index (χ0) is 13.1. The summed E-state index contributed by atoms with van der Waals surface area (Å²) >= 11 is 7.48. The molecule has 0 spiro atoms. The van der Waals surface area contributed by atoms with Crippen LogP contribution in [0.2, 0.25) is 5.02 Å². The maximum atomic E-state index is 11.6. The topological polar surface area (TPSA) is 58.6 Å². The van der Waals surface area contributed by atoms with Gasteiger partial charge in [-0.15, -0.1) is 11.8 Å². The fraction of sp³-hybridized carbons (Fsp3) is 0.417. The second-order valence-corrected chi connectivity index (χ2v) is 5.44. The number of rotatable bonds is 3. The van der Waals surface area contributed by atoms with E-state index in [0.29, 0.717) is 17.4 Å². The maximum Gasteiger partial charge on any atom is 0.324 e. The van der Waals surface area contributed by atoms with Crippen LogP contribution in [0, 0.1) is 0 Å². The van der Waals surface area contributed by atoms with E-state index < -0.39 is 0 Å². The highest BCUT2D eigenvalue weighted by Gasteiger charge is 2.31. The van der Waals surface area contributed by atoms with Crippen molar-refractivity contribution in [3.05, 3.63) is 28.8 Å².